The molecule has 1 saturated heterocycles. The lowest BCUT2D eigenvalue weighted by Crippen LogP contribution is -2.39. The summed E-state index contributed by atoms with van der Waals surface area (Å²) in [5.74, 6) is -0.460. The van der Waals surface area contributed by atoms with Crippen molar-refractivity contribution in [1.29, 1.82) is 0 Å². The van der Waals surface area contributed by atoms with E-state index < -0.39 is 21.4 Å². The highest BCUT2D eigenvalue weighted by molar-refractivity contribution is 7.91. The summed E-state index contributed by atoms with van der Waals surface area (Å²) in [6.45, 7) is 1.61. The van der Waals surface area contributed by atoms with Crippen LogP contribution in [0.5, 0.6) is 0 Å². The molecule has 0 bridgehead atoms. The van der Waals surface area contributed by atoms with Crippen LogP contribution in [-0.4, -0.2) is 48.6 Å². The largest absolute Gasteiger partial charge is 0.370 e. The van der Waals surface area contributed by atoms with E-state index in [1.54, 1.807) is 6.92 Å². The Morgan fingerprint density at radius 2 is 2.11 bits per heavy atom. The molecule has 7 nitrogen and oxygen atoms in total. The first kappa shape index (κ1) is 13.9. The number of aryl methyl sites for hydroxylation is 1. The van der Waals surface area contributed by atoms with Gasteiger partial charge in [0.1, 0.15) is 5.56 Å². The van der Waals surface area contributed by atoms with Crippen LogP contribution in [0.2, 0.25) is 0 Å². The lowest BCUT2D eigenvalue weighted by atomic mass is 10.2. The summed E-state index contributed by atoms with van der Waals surface area (Å²) >= 11 is 0. The molecule has 1 unspecified atom stereocenters. The maximum Gasteiger partial charge on any atom is 0.370 e. The molecule has 0 saturated carbocycles. The first-order chi connectivity index (χ1) is 8.73. The second-order valence-corrected chi connectivity index (χ2v) is 7.04. The molecule has 1 amide bonds. The molecule has 2 rings (SSSR count). The molecule has 1 fully saturated rings. The van der Waals surface area contributed by atoms with Crippen LogP contribution in [0.3, 0.4) is 0 Å². The Labute approximate surface area is 110 Å². The van der Waals surface area contributed by atoms with Gasteiger partial charge >= 0.3 is 5.63 Å². The Kier molecular flexibility index (Phi) is 3.29. The van der Waals surface area contributed by atoms with E-state index >= 15 is 0 Å². The van der Waals surface area contributed by atoms with Crippen molar-refractivity contribution in [2.24, 2.45) is 7.05 Å². The molecule has 1 atom stereocenters. The maximum absolute atomic E-state index is 12.3. The molecule has 0 aliphatic carbocycles. The summed E-state index contributed by atoms with van der Waals surface area (Å²) in [6, 6.07) is -0.378. The van der Waals surface area contributed by atoms with E-state index in [9.17, 15) is 18.0 Å². The van der Waals surface area contributed by atoms with Gasteiger partial charge in [-0.05, 0) is 13.3 Å². The van der Waals surface area contributed by atoms with Crippen molar-refractivity contribution < 1.29 is 17.7 Å². The van der Waals surface area contributed by atoms with Crippen molar-refractivity contribution in [2.45, 2.75) is 19.4 Å². The lowest BCUT2D eigenvalue weighted by Gasteiger charge is -2.22. The van der Waals surface area contributed by atoms with Crippen LogP contribution in [0.4, 0.5) is 0 Å². The average Bonchev–Trinajstić information content (AvgIpc) is 2.79. The molecular formula is C11H16N2O5S. The van der Waals surface area contributed by atoms with Crippen molar-refractivity contribution in [3.63, 3.8) is 0 Å². The van der Waals surface area contributed by atoms with Gasteiger partial charge in [-0.2, -0.15) is 0 Å². The van der Waals surface area contributed by atoms with Crippen LogP contribution in [0.25, 0.3) is 0 Å². The minimum Gasteiger partial charge on any atom is -0.337 e. The highest BCUT2D eigenvalue weighted by Crippen LogP contribution is 2.18. The summed E-state index contributed by atoms with van der Waals surface area (Å²) in [4.78, 5) is 25.2. The molecule has 106 valence electrons. The van der Waals surface area contributed by atoms with E-state index in [1.807, 2.05) is 0 Å². The normalized spacial score (nSPS) is 21.5. The Morgan fingerprint density at radius 3 is 2.53 bits per heavy atom. The fraction of sp³-hybridized carbons (Fsp3) is 0.636. The van der Waals surface area contributed by atoms with Gasteiger partial charge in [0.15, 0.2) is 9.84 Å². The summed E-state index contributed by atoms with van der Waals surface area (Å²) in [5, 5.41) is 0. The van der Waals surface area contributed by atoms with Gasteiger partial charge in [0.2, 0.25) is 0 Å². The Balaban J connectivity index is 2.28. The maximum atomic E-state index is 12.3. The third-order valence-electron chi connectivity index (χ3n) is 3.55. The topological polar surface area (TPSA) is 89.6 Å². The van der Waals surface area contributed by atoms with E-state index in [4.69, 9.17) is 4.52 Å². The van der Waals surface area contributed by atoms with Gasteiger partial charge in [-0.25, -0.2) is 18.0 Å². The number of hydrogen-bond donors (Lipinski definition) is 0. The quantitative estimate of drug-likeness (QED) is 0.735. The smallest absolute Gasteiger partial charge is 0.337 e. The predicted molar refractivity (Wildman–Crippen MR) is 67.8 cm³/mol. The standard InChI is InChI=1S/C11H16N2O5S/c1-7-9(11(15)18-13(7)3)10(14)12(2)8-4-5-19(16,17)6-8/h8H,4-6H2,1-3H3. The molecule has 19 heavy (non-hydrogen) atoms. The fourth-order valence-corrected chi connectivity index (χ4v) is 3.98. The third-order valence-corrected chi connectivity index (χ3v) is 5.30. The molecule has 8 heteroatoms. The van der Waals surface area contributed by atoms with E-state index in [1.165, 1.54) is 23.7 Å². The van der Waals surface area contributed by atoms with Gasteiger partial charge in [0, 0.05) is 20.1 Å². The molecule has 0 radical (unpaired) electrons. The highest BCUT2D eigenvalue weighted by atomic mass is 32.2. The first-order valence-electron chi connectivity index (χ1n) is 5.87. The summed E-state index contributed by atoms with van der Waals surface area (Å²) in [7, 11) is -0.0230. The van der Waals surface area contributed by atoms with Gasteiger partial charge < -0.3 is 9.42 Å². The van der Waals surface area contributed by atoms with Gasteiger partial charge in [-0.1, -0.05) is 0 Å². The van der Waals surface area contributed by atoms with Crippen molar-refractivity contribution in [3.05, 3.63) is 21.7 Å². The van der Waals surface area contributed by atoms with Crippen molar-refractivity contribution in [1.82, 2.24) is 9.64 Å². The molecule has 1 aromatic rings. The minimum atomic E-state index is -3.07. The molecule has 1 aliphatic heterocycles. The van der Waals surface area contributed by atoms with Crippen molar-refractivity contribution in [2.75, 3.05) is 18.6 Å². The average molecular weight is 288 g/mol. The Hall–Kier alpha value is -1.57. The third kappa shape index (κ3) is 2.44. The van der Waals surface area contributed by atoms with Gasteiger partial charge in [0.05, 0.1) is 17.2 Å². The number of aromatic nitrogens is 1. The van der Waals surface area contributed by atoms with Gasteiger partial charge in [-0.15, -0.1) is 0 Å². The van der Waals surface area contributed by atoms with Crippen LogP contribution in [0.1, 0.15) is 22.5 Å². The van der Waals surface area contributed by atoms with Crippen LogP contribution in [0, 0.1) is 6.92 Å². The molecule has 2 heterocycles. The lowest BCUT2D eigenvalue weighted by molar-refractivity contribution is 0.0744. The highest BCUT2D eigenvalue weighted by Gasteiger charge is 2.35. The number of rotatable bonds is 2. The summed E-state index contributed by atoms with van der Waals surface area (Å²) in [5.41, 5.74) is -0.297. The first-order valence-corrected chi connectivity index (χ1v) is 7.69. The second kappa shape index (κ2) is 4.52. The van der Waals surface area contributed by atoms with Crippen LogP contribution >= 0.6 is 0 Å². The predicted octanol–water partition coefficient (Wildman–Crippen LogP) is -0.454. The van der Waals surface area contributed by atoms with Gasteiger partial charge in [-0.3, -0.25) is 4.79 Å². The number of hydrogen-bond acceptors (Lipinski definition) is 5. The number of carbonyl (C=O) groups excluding carboxylic acids is 1. The summed E-state index contributed by atoms with van der Waals surface area (Å²) in [6.07, 6.45) is 0.405. The monoisotopic (exact) mass is 288 g/mol. The van der Waals surface area contributed by atoms with Crippen LogP contribution < -0.4 is 5.63 Å². The van der Waals surface area contributed by atoms with Gasteiger partial charge in [0.25, 0.3) is 5.91 Å². The molecular weight excluding hydrogens is 272 g/mol. The van der Waals surface area contributed by atoms with Crippen molar-refractivity contribution in [3.8, 4) is 0 Å². The van der Waals surface area contributed by atoms with Crippen LogP contribution in [-0.2, 0) is 16.9 Å². The zero-order chi connectivity index (χ0) is 14.4. The van der Waals surface area contributed by atoms with Crippen LogP contribution in [0.15, 0.2) is 9.32 Å². The zero-order valence-corrected chi connectivity index (χ0v) is 11.9. The number of amides is 1. The van der Waals surface area contributed by atoms with Crippen molar-refractivity contribution >= 4 is 15.7 Å². The molecule has 1 aliphatic rings. The minimum absolute atomic E-state index is 0.0331. The van der Waals surface area contributed by atoms with E-state index in [0.717, 1.165) is 0 Å². The zero-order valence-electron chi connectivity index (χ0n) is 11.0. The summed E-state index contributed by atoms with van der Waals surface area (Å²) < 4.78 is 28.9. The molecule has 1 aromatic heterocycles. The second-order valence-electron chi connectivity index (χ2n) is 4.81. The number of sulfone groups is 1. The van der Waals surface area contributed by atoms with E-state index in [-0.39, 0.29) is 23.1 Å². The molecule has 0 N–H and O–H groups in total. The fourth-order valence-electron chi connectivity index (χ4n) is 2.21. The van der Waals surface area contributed by atoms with E-state index in [2.05, 4.69) is 0 Å². The molecule has 0 spiro atoms. The number of carbonyl (C=O) groups is 1. The Morgan fingerprint density at radius 1 is 1.47 bits per heavy atom. The number of nitrogens with zero attached hydrogens (tertiary/aromatic N) is 2. The molecule has 0 aromatic carbocycles. The SMILES string of the molecule is Cc1c(C(=O)N(C)C2CCS(=O)(=O)C2)c(=O)on1C. The van der Waals surface area contributed by atoms with E-state index in [0.29, 0.717) is 12.1 Å². The Bertz CT molecular complexity index is 670.